The summed E-state index contributed by atoms with van der Waals surface area (Å²) in [5, 5.41) is 5.63. The first-order chi connectivity index (χ1) is 10.2. The fourth-order valence-corrected chi connectivity index (χ4v) is 2.30. The summed E-state index contributed by atoms with van der Waals surface area (Å²) in [7, 11) is 0. The van der Waals surface area contributed by atoms with Crippen LogP contribution in [0, 0.1) is 0 Å². The van der Waals surface area contributed by atoms with Crippen molar-refractivity contribution in [2.75, 3.05) is 29.9 Å². The Morgan fingerprint density at radius 3 is 2.90 bits per heavy atom. The molecule has 1 saturated heterocycles. The highest BCUT2D eigenvalue weighted by Crippen LogP contribution is 2.21. The maximum atomic E-state index is 11.8. The topological polar surface area (TPSA) is 87.5 Å². The zero-order chi connectivity index (χ0) is 15.1. The molecule has 0 aromatic heterocycles. The van der Waals surface area contributed by atoms with Gasteiger partial charge >= 0.3 is 6.03 Å². The van der Waals surface area contributed by atoms with Crippen LogP contribution in [0.3, 0.4) is 0 Å². The predicted molar refractivity (Wildman–Crippen MR) is 83.3 cm³/mol. The second kappa shape index (κ2) is 7.64. The van der Waals surface area contributed by atoms with Gasteiger partial charge < -0.3 is 16.4 Å². The minimum atomic E-state index is -0.0970. The van der Waals surface area contributed by atoms with E-state index in [1.807, 2.05) is 24.3 Å². The van der Waals surface area contributed by atoms with E-state index in [9.17, 15) is 9.59 Å². The molecule has 1 heterocycles. The van der Waals surface area contributed by atoms with Gasteiger partial charge in [-0.05, 0) is 37.6 Å². The number of nitrogens with two attached hydrogens (primary N) is 1. The SMILES string of the molecule is NCCCCCC(=O)Nc1cccc(N2CCNC2=O)c1. The van der Waals surface area contributed by atoms with Gasteiger partial charge in [-0.15, -0.1) is 0 Å². The highest BCUT2D eigenvalue weighted by Gasteiger charge is 2.21. The molecule has 3 amide bonds. The molecule has 1 aliphatic rings. The summed E-state index contributed by atoms with van der Waals surface area (Å²) in [6.07, 6.45) is 3.26. The smallest absolute Gasteiger partial charge is 0.321 e. The Kier molecular flexibility index (Phi) is 5.57. The van der Waals surface area contributed by atoms with E-state index in [1.165, 1.54) is 0 Å². The number of rotatable bonds is 7. The fraction of sp³-hybridized carbons (Fsp3) is 0.467. The van der Waals surface area contributed by atoms with Crippen LogP contribution in [0.5, 0.6) is 0 Å². The lowest BCUT2D eigenvalue weighted by Gasteiger charge is -2.15. The van der Waals surface area contributed by atoms with Crippen molar-refractivity contribution >= 4 is 23.3 Å². The molecule has 4 N–H and O–H groups in total. The number of urea groups is 1. The number of nitrogens with one attached hydrogen (secondary N) is 2. The van der Waals surface area contributed by atoms with E-state index in [0.29, 0.717) is 26.1 Å². The van der Waals surface area contributed by atoms with Gasteiger partial charge in [0.25, 0.3) is 0 Å². The number of unbranched alkanes of at least 4 members (excludes halogenated alkanes) is 2. The number of carbonyl (C=O) groups is 2. The molecule has 0 bridgehead atoms. The average molecular weight is 290 g/mol. The number of anilines is 2. The minimum absolute atomic E-state index is 0.00459. The van der Waals surface area contributed by atoms with Gasteiger partial charge in [0.15, 0.2) is 0 Å². The highest BCUT2D eigenvalue weighted by molar-refractivity contribution is 5.96. The summed E-state index contributed by atoms with van der Waals surface area (Å²) in [5.41, 5.74) is 6.93. The Bertz CT molecular complexity index is 504. The van der Waals surface area contributed by atoms with Crippen LogP contribution in [0.1, 0.15) is 25.7 Å². The zero-order valence-corrected chi connectivity index (χ0v) is 12.1. The van der Waals surface area contributed by atoms with Gasteiger partial charge in [-0.2, -0.15) is 0 Å². The number of carbonyl (C=O) groups excluding carboxylic acids is 2. The number of benzene rings is 1. The Hall–Kier alpha value is -2.08. The molecule has 6 nitrogen and oxygen atoms in total. The van der Waals surface area contributed by atoms with Crippen molar-refractivity contribution in [2.24, 2.45) is 5.73 Å². The van der Waals surface area contributed by atoms with Crippen molar-refractivity contribution in [3.05, 3.63) is 24.3 Å². The summed E-state index contributed by atoms with van der Waals surface area (Å²) >= 11 is 0. The van der Waals surface area contributed by atoms with Crippen LogP contribution < -0.4 is 21.3 Å². The van der Waals surface area contributed by atoms with E-state index < -0.39 is 0 Å². The summed E-state index contributed by atoms with van der Waals surface area (Å²) in [6, 6.07) is 7.25. The highest BCUT2D eigenvalue weighted by atomic mass is 16.2. The third kappa shape index (κ3) is 4.46. The van der Waals surface area contributed by atoms with Crippen molar-refractivity contribution in [2.45, 2.75) is 25.7 Å². The molecule has 1 aliphatic heterocycles. The molecule has 0 unspecified atom stereocenters. The molecule has 21 heavy (non-hydrogen) atoms. The van der Waals surface area contributed by atoms with E-state index in [2.05, 4.69) is 10.6 Å². The first-order valence-electron chi connectivity index (χ1n) is 7.36. The van der Waals surface area contributed by atoms with E-state index >= 15 is 0 Å². The lowest BCUT2D eigenvalue weighted by Crippen LogP contribution is -2.27. The van der Waals surface area contributed by atoms with Crippen molar-refractivity contribution in [1.82, 2.24) is 5.32 Å². The quantitative estimate of drug-likeness (QED) is 0.668. The molecular weight excluding hydrogens is 268 g/mol. The van der Waals surface area contributed by atoms with Gasteiger partial charge in [-0.1, -0.05) is 12.5 Å². The molecule has 1 aromatic carbocycles. The number of hydrogen-bond donors (Lipinski definition) is 3. The predicted octanol–water partition coefficient (Wildman–Crippen LogP) is 1.67. The summed E-state index contributed by atoms with van der Waals surface area (Å²) < 4.78 is 0. The van der Waals surface area contributed by atoms with E-state index in [-0.39, 0.29) is 11.9 Å². The van der Waals surface area contributed by atoms with Gasteiger partial charge in [0.2, 0.25) is 5.91 Å². The summed E-state index contributed by atoms with van der Waals surface area (Å²) in [4.78, 5) is 25.1. The second-order valence-electron chi connectivity index (χ2n) is 5.08. The second-order valence-corrected chi connectivity index (χ2v) is 5.08. The van der Waals surface area contributed by atoms with Crippen molar-refractivity contribution < 1.29 is 9.59 Å². The number of amides is 3. The molecule has 1 fully saturated rings. The molecule has 2 rings (SSSR count). The lowest BCUT2D eigenvalue weighted by atomic mass is 10.2. The zero-order valence-electron chi connectivity index (χ0n) is 12.1. The largest absolute Gasteiger partial charge is 0.336 e. The van der Waals surface area contributed by atoms with Gasteiger partial charge in [-0.25, -0.2) is 4.79 Å². The monoisotopic (exact) mass is 290 g/mol. The normalized spacial score (nSPS) is 14.1. The van der Waals surface area contributed by atoms with Crippen LogP contribution in [-0.4, -0.2) is 31.6 Å². The first kappa shape index (κ1) is 15.3. The molecule has 0 spiro atoms. The Morgan fingerprint density at radius 2 is 2.19 bits per heavy atom. The standard InChI is InChI=1S/C15H22N4O2/c16-8-3-1-2-7-14(20)18-12-5-4-6-13(11-12)19-10-9-17-15(19)21/h4-6,11H,1-3,7-10,16H2,(H,17,21)(H,18,20). The maximum Gasteiger partial charge on any atom is 0.321 e. The molecule has 6 heteroatoms. The van der Waals surface area contributed by atoms with Gasteiger partial charge in [0.1, 0.15) is 0 Å². The molecule has 1 aromatic rings. The molecule has 0 aliphatic carbocycles. The van der Waals surface area contributed by atoms with Crippen molar-refractivity contribution in [3.63, 3.8) is 0 Å². The van der Waals surface area contributed by atoms with Crippen molar-refractivity contribution in [1.29, 1.82) is 0 Å². The molecule has 0 saturated carbocycles. The van der Waals surface area contributed by atoms with Gasteiger partial charge in [0, 0.05) is 30.9 Å². The third-order valence-corrected chi connectivity index (χ3v) is 3.41. The summed E-state index contributed by atoms with van der Waals surface area (Å²) in [5.74, 6) is -0.00459. The lowest BCUT2D eigenvalue weighted by molar-refractivity contribution is -0.116. The van der Waals surface area contributed by atoms with Crippen LogP contribution in [0.25, 0.3) is 0 Å². The number of hydrogen-bond acceptors (Lipinski definition) is 3. The Balaban J connectivity index is 1.89. The summed E-state index contributed by atoms with van der Waals surface area (Å²) in [6.45, 7) is 1.97. The molecule has 0 atom stereocenters. The maximum absolute atomic E-state index is 11.8. The van der Waals surface area contributed by atoms with E-state index in [4.69, 9.17) is 5.73 Å². The minimum Gasteiger partial charge on any atom is -0.336 e. The third-order valence-electron chi connectivity index (χ3n) is 3.41. The van der Waals surface area contributed by atoms with E-state index in [1.54, 1.807) is 4.90 Å². The average Bonchev–Trinajstić information content (AvgIpc) is 2.90. The Labute approximate surface area is 124 Å². The van der Waals surface area contributed by atoms with Gasteiger partial charge in [-0.3, -0.25) is 9.69 Å². The molecule has 114 valence electrons. The van der Waals surface area contributed by atoms with E-state index in [0.717, 1.165) is 30.6 Å². The van der Waals surface area contributed by atoms with Crippen LogP contribution in [0.2, 0.25) is 0 Å². The van der Waals surface area contributed by atoms with Gasteiger partial charge in [0.05, 0.1) is 0 Å². The Morgan fingerprint density at radius 1 is 1.33 bits per heavy atom. The van der Waals surface area contributed by atoms with Crippen molar-refractivity contribution in [3.8, 4) is 0 Å². The fourth-order valence-electron chi connectivity index (χ4n) is 2.30. The number of nitrogens with zero attached hydrogens (tertiary/aromatic N) is 1. The van der Waals surface area contributed by atoms with Crippen LogP contribution in [-0.2, 0) is 4.79 Å². The van der Waals surface area contributed by atoms with Crippen LogP contribution in [0.4, 0.5) is 16.2 Å². The van der Waals surface area contributed by atoms with Crippen LogP contribution >= 0.6 is 0 Å². The molecule has 0 radical (unpaired) electrons. The molecular formula is C15H22N4O2. The first-order valence-corrected chi connectivity index (χ1v) is 7.36. The van der Waals surface area contributed by atoms with Crippen LogP contribution in [0.15, 0.2) is 24.3 Å².